The molecule has 0 heterocycles. The molecule has 0 aliphatic heterocycles. The fourth-order valence-corrected chi connectivity index (χ4v) is 2.08. The van der Waals surface area contributed by atoms with Crippen LogP contribution in [0, 0.1) is 16.0 Å². The lowest BCUT2D eigenvalue weighted by Crippen LogP contribution is -2.41. The van der Waals surface area contributed by atoms with Gasteiger partial charge in [-0.1, -0.05) is 13.8 Å². The van der Waals surface area contributed by atoms with Crippen molar-refractivity contribution in [3.05, 3.63) is 38.3 Å². The molecular weight excluding hydrogens is 340 g/mol. The molecule has 1 amide bonds. The lowest BCUT2D eigenvalue weighted by molar-refractivity contribution is -0.385. The summed E-state index contributed by atoms with van der Waals surface area (Å²) in [6.07, 6.45) is 0. The van der Waals surface area contributed by atoms with Crippen molar-refractivity contribution < 1.29 is 14.5 Å². The highest BCUT2D eigenvalue weighted by Crippen LogP contribution is 2.25. The first-order chi connectivity index (χ1) is 9.86. The zero-order chi connectivity index (χ0) is 16.0. The number of nitro groups is 1. The van der Waals surface area contributed by atoms with Gasteiger partial charge in [-0.2, -0.15) is 0 Å². The number of carbonyl (C=O) groups is 1. The molecule has 0 bridgehead atoms. The topological polar surface area (TPSA) is 81.5 Å². The summed E-state index contributed by atoms with van der Waals surface area (Å²) in [5.41, 5.74) is 0.126. The zero-order valence-corrected chi connectivity index (χ0v) is 13.8. The second-order valence-electron chi connectivity index (χ2n) is 4.91. The molecule has 0 aromatic heterocycles. The number of halogens is 1. The summed E-state index contributed by atoms with van der Waals surface area (Å²) in [5.74, 6) is -0.144. The van der Waals surface area contributed by atoms with Crippen LogP contribution in [-0.4, -0.2) is 30.1 Å². The van der Waals surface area contributed by atoms with Gasteiger partial charge in [0.05, 0.1) is 22.0 Å². The van der Waals surface area contributed by atoms with Crippen LogP contribution in [0.15, 0.2) is 22.7 Å². The summed E-state index contributed by atoms with van der Waals surface area (Å²) < 4.78 is 5.69. The summed E-state index contributed by atoms with van der Waals surface area (Å²) in [4.78, 5) is 22.6. The Balaban J connectivity index is 2.87. The van der Waals surface area contributed by atoms with Gasteiger partial charge in [-0.15, -0.1) is 0 Å². The minimum absolute atomic E-state index is 0.131. The van der Waals surface area contributed by atoms with Crippen molar-refractivity contribution in [3.63, 3.8) is 0 Å². The van der Waals surface area contributed by atoms with Gasteiger partial charge in [-0.3, -0.25) is 14.9 Å². The summed E-state index contributed by atoms with van der Waals surface area (Å²) in [6.45, 7) is 6.83. The van der Waals surface area contributed by atoms with Gasteiger partial charge in [-0.25, -0.2) is 0 Å². The Bertz CT molecular complexity index is 520. The maximum absolute atomic E-state index is 12.2. The van der Waals surface area contributed by atoms with E-state index in [1.807, 2.05) is 20.8 Å². The molecule has 0 aliphatic carbocycles. The molecule has 1 rings (SSSR count). The van der Waals surface area contributed by atoms with Crippen LogP contribution >= 0.6 is 15.9 Å². The van der Waals surface area contributed by atoms with Crippen LogP contribution in [0.25, 0.3) is 0 Å². The summed E-state index contributed by atoms with van der Waals surface area (Å²) >= 11 is 3.10. The van der Waals surface area contributed by atoms with E-state index in [4.69, 9.17) is 4.74 Å². The molecule has 0 aliphatic rings. The Morgan fingerprint density at radius 3 is 2.67 bits per heavy atom. The van der Waals surface area contributed by atoms with E-state index in [1.165, 1.54) is 12.1 Å². The summed E-state index contributed by atoms with van der Waals surface area (Å²) in [7, 11) is 0. The molecule has 6 nitrogen and oxygen atoms in total. The van der Waals surface area contributed by atoms with Crippen molar-refractivity contribution in [1.82, 2.24) is 5.32 Å². The van der Waals surface area contributed by atoms with Gasteiger partial charge in [0.1, 0.15) is 0 Å². The van der Waals surface area contributed by atoms with Crippen LogP contribution in [0.5, 0.6) is 0 Å². The molecule has 0 saturated heterocycles. The Kier molecular flexibility index (Phi) is 6.77. The Labute approximate surface area is 132 Å². The molecule has 0 spiro atoms. The number of nitrogens with zero attached hydrogens (tertiary/aromatic N) is 1. The maximum Gasteiger partial charge on any atom is 0.284 e. The monoisotopic (exact) mass is 358 g/mol. The summed E-state index contributed by atoms with van der Waals surface area (Å²) in [5, 5.41) is 13.7. The van der Waals surface area contributed by atoms with Crippen LogP contribution < -0.4 is 5.32 Å². The fourth-order valence-electron chi connectivity index (χ4n) is 1.69. The Morgan fingerprint density at radius 2 is 2.14 bits per heavy atom. The minimum atomic E-state index is -0.527. The highest BCUT2D eigenvalue weighted by Gasteiger charge is 2.20. The molecule has 1 aromatic carbocycles. The third-order valence-electron chi connectivity index (χ3n) is 3.03. The minimum Gasteiger partial charge on any atom is -0.380 e. The SMILES string of the molecule is CCOCC(NC(=O)c1ccc(Br)c([N+](=O)[O-])c1)C(C)C. The van der Waals surface area contributed by atoms with Crippen LogP contribution in [0.3, 0.4) is 0 Å². The summed E-state index contributed by atoms with van der Waals surface area (Å²) in [6, 6.07) is 4.17. The average Bonchev–Trinajstić information content (AvgIpc) is 2.42. The predicted molar refractivity (Wildman–Crippen MR) is 83.4 cm³/mol. The van der Waals surface area contributed by atoms with Gasteiger partial charge in [0, 0.05) is 18.2 Å². The van der Waals surface area contributed by atoms with E-state index in [0.717, 1.165) is 0 Å². The molecule has 0 radical (unpaired) electrons. The quantitative estimate of drug-likeness (QED) is 0.599. The van der Waals surface area contributed by atoms with Gasteiger partial charge in [0.2, 0.25) is 0 Å². The van der Waals surface area contributed by atoms with Crippen LogP contribution in [-0.2, 0) is 4.74 Å². The van der Waals surface area contributed by atoms with Gasteiger partial charge in [-0.05, 0) is 40.9 Å². The van der Waals surface area contributed by atoms with Gasteiger partial charge < -0.3 is 10.1 Å². The number of amides is 1. The Morgan fingerprint density at radius 1 is 1.48 bits per heavy atom. The largest absolute Gasteiger partial charge is 0.380 e. The molecule has 1 atom stereocenters. The molecular formula is C14H19BrN2O4. The van der Waals surface area contributed by atoms with E-state index >= 15 is 0 Å². The first-order valence-corrected chi connectivity index (χ1v) is 7.48. The van der Waals surface area contributed by atoms with Crippen LogP contribution in [0.1, 0.15) is 31.1 Å². The van der Waals surface area contributed by atoms with Crippen LogP contribution in [0.4, 0.5) is 5.69 Å². The van der Waals surface area contributed by atoms with E-state index in [2.05, 4.69) is 21.2 Å². The van der Waals surface area contributed by atoms with E-state index in [9.17, 15) is 14.9 Å². The third-order valence-corrected chi connectivity index (χ3v) is 3.70. The lowest BCUT2D eigenvalue weighted by atomic mass is 10.0. The van der Waals surface area contributed by atoms with E-state index in [0.29, 0.717) is 17.7 Å². The molecule has 1 N–H and O–H groups in total. The maximum atomic E-state index is 12.2. The average molecular weight is 359 g/mol. The molecule has 21 heavy (non-hydrogen) atoms. The molecule has 7 heteroatoms. The number of nitrogens with one attached hydrogen (secondary N) is 1. The predicted octanol–water partition coefficient (Wildman–Crippen LogP) is 3.15. The van der Waals surface area contributed by atoms with Crippen molar-refractivity contribution >= 4 is 27.5 Å². The highest BCUT2D eigenvalue weighted by atomic mass is 79.9. The molecule has 1 aromatic rings. The van der Waals surface area contributed by atoms with Crippen molar-refractivity contribution in [1.29, 1.82) is 0 Å². The number of benzene rings is 1. The van der Waals surface area contributed by atoms with Gasteiger partial charge in [0.25, 0.3) is 11.6 Å². The lowest BCUT2D eigenvalue weighted by Gasteiger charge is -2.22. The van der Waals surface area contributed by atoms with E-state index < -0.39 is 4.92 Å². The van der Waals surface area contributed by atoms with Gasteiger partial charge in [0.15, 0.2) is 0 Å². The van der Waals surface area contributed by atoms with Crippen molar-refractivity contribution in [3.8, 4) is 0 Å². The van der Waals surface area contributed by atoms with E-state index in [1.54, 1.807) is 6.07 Å². The second-order valence-corrected chi connectivity index (χ2v) is 5.76. The third kappa shape index (κ3) is 5.09. The number of carbonyl (C=O) groups excluding carboxylic acids is 1. The number of nitro benzene ring substituents is 1. The molecule has 0 saturated carbocycles. The standard InChI is InChI=1S/C14H19BrN2O4/c1-4-21-8-12(9(2)3)16-14(18)10-5-6-11(15)13(7-10)17(19)20/h5-7,9,12H,4,8H2,1-3H3,(H,16,18). The zero-order valence-electron chi connectivity index (χ0n) is 12.3. The molecule has 0 fully saturated rings. The molecule has 116 valence electrons. The fraction of sp³-hybridized carbons (Fsp3) is 0.500. The second kappa shape index (κ2) is 8.09. The number of ether oxygens (including phenoxy) is 1. The number of hydrogen-bond acceptors (Lipinski definition) is 4. The highest BCUT2D eigenvalue weighted by molar-refractivity contribution is 9.10. The normalized spacial score (nSPS) is 12.2. The first kappa shape index (κ1) is 17.6. The molecule has 1 unspecified atom stereocenters. The van der Waals surface area contributed by atoms with Gasteiger partial charge >= 0.3 is 0 Å². The first-order valence-electron chi connectivity index (χ1n) is 6.69. The number of rotatable bonds is 7. The van der Waals surface area contributed by atoms with E-state index in [-0.39, 0.29) is 29.1 Å². The van der Waals surface area contributed by atoms with Crippen molar-refractivity contribution in [2.24, 2.45) is 5.92 Å². The Hall–Kier alpha value is -1.47. The number of hydrogen-bond donors (Lipinski definition) is 1. The van der Waals surface area contributed by atoms with Crippen molar-refractivity contribution in [2.45, 2.75) is 26.8 Å². The van der Waals surface area contributed by atoms with Crippen molar-refractivity contribution in [2.75, 3.05) is 13.2 Å². The van der Waals surface area contributed by atoms with Crippen LogP contribution in [0.2, 0.25) is 0 Å². The smallest absolute Gasteiger partial charge is 0.284 e.